The minimum Gasteiger partial charge on any atom is -0.496 e. The maximum absolute atomic E-state index is 12.5. The van der Waals surface area contributed by atoms with Crippen molar-refractivity contribution >= 4 is 12.1 Å². The van der Waals surface area contributed by atoms with Gasteiger partial charge in [-0.2, -0.15) is 0 Å². The van der Waals surface area contributed by atoms with Gasteiger partial charge in [0.2, 0.25) is 0 Å². The number of ether oxygens (including phenoxy) is 2. The number of carboxylic acid groups (broad SMARTS) is 1. The summed E-state index contributed by atoms with van der Waals surface area (Å²) in [5, 5.41) is 9.67. The lowest BCUT2D eigenvalue weighted by molar-refractivity contribution is -0.140. The fourth-order valence-corrected chi connectivity index (χ4v) is 3.54. The second kappa shape index (κ2) is 5.89. The highest BCUT2D eigenvalue weighted by atomic mass is 16.6. The topological polar surface area (TPSA) is 76.1 Å². The molecular formula is C20H27NO5. The van der Waals surface area contributed by atoms with Gasteiger partial charge < -0.3 is 19.5 Å². The largest absolute Gasteiger partial charge is 0.496 e. The number of amides is 1. The van der Waals surface area contributed by atoms with Crippen LogP contribution in [0.3, 0.4) is 0 Å². The summed E-state index contributed by atoms with van der Waals surface area (Å²) < 4.78 is 10.9. The van der Waals surface area contributed by atoms with E-state index in [-0.39, 0.29) is 6.09 Å². The summed E-state index contributed by atoms with van der Waals surface area (Å²) in [6, 6.07) is 5.65. The molecule has 26 heavy (non-hydrogen) atoms. The Morgan fingerprint density at radius 3 is 2.19 bits per heavy atom. The molecule has 2 fully saturated rings. The fourth-order valence-electron chi connectivity index (χ4n) is 3.54. The summed E-state index contributed by atoms with van der Waals surface area (Å²) in [7, 11) is 3.30. The van der Waals surface area contributed by atoms with Gasteiger partial charge in [0.25, 0.3) is 0 Å². The van der Waals surface area contributed by atoms with E-state index in [0.717, 1.165) is 18.4 Å². The Balaban J connectivity index is 1.94. The quantitative estimate of drug-likeness (QED) is 0.866. The van der Waals surface area contributed by atoms with Gasteiger partial charge in [0.05, 0.1) is 18.1 Å². The highest BCUT2D eigenvalue weighted by Gasteiger charge is 2.55. The molecule has 0 heterocycles. The van der Waals surface area contributed by atoms with Crippen molar-refractivity contribution in [1.29, 1.82) is 0 Å². The highest BCUT2D eigenvalue weighted by Crippen LogP contribution is 2.55. The zero-order valence-electron chi connectivity index (χ0n) is 16.1. The van der Waals surface area contributed by atoms with Crippen molar-refractivity contribution in [2.24, 2.45) is 0 Å². The predicted octanol–water partition coefficient (Wildman–Crippen LogP) is 3.67. The normalized spacial score (nSPS) is 19.4. The van der Waals surface area contributed by atoms with E-state index in [4.69, 9.17) is 9.47 Å². The van der Waals surface area contributed by atoms with Crippen LogP contribution >= 0.6 is 0 Å². The van der Waals surface area contributed by atoms with Crippen LogP contribution in [0.2, 0.25) is 0 Å². The molecule has 0 aromatic heterocycles. The minimum absolute atomic E-state index is 0.369. The van der Waals surface area contributed by atoms with Gasteiger partial charge >= 0.3 is 12.1 Å². The molecule has 2 aliphatic rings. The van der Waals surface area contributed by atoms with Gasteiger partial charge in [-0.05, 0) is 64.2 Å². The molecule has 6 nitrogen and oxygen atoms in total. The first-order valence-corrected chi connectivity index (χ1v) is 8.95. The molecule has 2 saturated carbocycles. The van der Waals surface area contributed by atoms with Crippen LogP contribution in [0.5, 0.6) is 5.75 Å². The van der Waals surface area contributed by atoms with E-state index in [0.29, 0.717) is 24.2 Å². The molecule has 0 spiro atoms. The van der Waals surface area contributed by atoms with Gasteiger partial charge in [-0.15, -0.1) is 0 Å². The minimum atomic E-state index is -0.859. The van der Waals surface area contributed by atoms with E-state index >= 15 is 0 Å². The van der Waals surface area contributed by atoms with Gasteiger partial charge in [-0.3, -0.25) is 4.79 Å². The number of carbonyl (C=O) groups excluding carboxylic acids is 1. The molecule has 0 bridgehead atoms. The summed E-state index contributed by atoms with van der Waals surface area (Å²) in [5.74, 6) is -0.234. The molecule has 1 aromatic carbocycles. The van der Waals surface area contributed by atoms with Crippen molar-refractivity contribution in [2.75, 3.05) is 14.2 Å². The van der Waals surface area contributed by atoms with E-state index in [1.54, 1.807) is 19.1 Å². The monoisotopic (exact) mass is 361 g/mol. The molecule has 0 atom stereocenters. The average Bonchev–Trinajstić information content (AvgIpc) is 3.45. The SMILES string of the molecule is COc1ccc(C2(N(C)C(=O)OC(C)(C)C)CC2)cc1C1(C(=O)O)CC1. The van der Waals surface area contributed by atoms with Crippen LogP contribution in [0.1, 0.15) is 57.6 Å². The van der Waals surface area contributed by atoms with Crippen LogP contribution in [0.15, 0.2) is 18.2 Å². The molecule has 1 amide bonds. The smallest absolute Gasteiger partial charge is 0.410 e. The van der Waals surface area contributed by atoms with E-state index < -0.39 is 22.5 Å². The Morgan fingerprint density at radius 2 is 1.77 bits per heavy atom. The van der Waals surface area contributed by atoms with Crippen molar-refractivity contribution in [3.05, 3.63) is 29.3 Å². The van der Waals surface area contributed by atoms with Gasteiger partial charge in [0.1, 0.15) is 11.4 Å². The third-order valence-electron chi connectivity index (χ3n) is 5.44. The first-order valence-electron chi connectivity index (χ1n) is 8.95. The number of carbonyl (C=O) groups is 2. The van der Waals surface area contributed by atoms with E-state index in [9.17, 15) is 14.7 Å². The summed E-state index contributed by atoms with van der Waals surface area (Å²) in [6.45, 7) is 5.52. The lowest BCUT2D eigenvalue weighted by Gasteiger charge is -2.32. The maximum Gasteiger partial charge on any atom is 0.410 e. The third-order valence-corrected chi connectivity index (χ3v) is 5.44. The number of rotatable bonds is 5. The predicted molar refractivity (Wildman–Crippen MR) is 96.5 cm³/mol. The van der Waals surface area contributed by atoms with Gasteiger partial charge in [0, 0.05) is 12.6 Å². The van der Waals surface area contributed by atoms with Crippen LogP contribution in [0, 0.1) is 0 Å². The van der Waals surface area contributed by atoms with Crippen molar-refractivity contribution < 1.29 is 24.2 Å². The second-order valence-electron chi connectivity index (χ2n) is 8.37. The Bertz CT molecular complexity index is 741. The second-order valence-corrected chi connectivity index (χ2v) is 8.37. The summed E-state index contributed by atoms with van der Waals surface area (Å²) in [5.41, 5.74) is -0.212. The van der Waals surface area contributed by atoms with Crippen LogP contribution < -0.4 is 4.74 Å². The first kappa shape index (κ1) is 18.5. The standard InChI is InChI=1S/C20H27NO5/c1-18(2,3)26-17(24)21(4)20(10-11-20)13-6-7-15(25-5)14(12-13)19(8-9-19)16(22)23/h6-7,12H,8-11H2,1-5H3,(H,22,23). The molecule has 1 N–H and O–H groups in total. The van der Waals surface area contributed by atoms with E-state index in [1.165, 1.54) is 0 Å². The molecule has 3 rings (SSSR count). The van der Waals surface area contributed by atoms with Crippen molar-refractivity contribution in [3.8, 4) is 5.75 Å². The number of methoxy groups -OCH3 is 1. The van der Waals surface area contributed by atoms with Crippen molar-refractivity contribution in [3.63, 3.8) is 0 Å². The number of carboxylic acids is 1. The summed E-state index contributed by atoms with van der Waals surface area (Å²) >= 11 is 0. The van der Waals surface area contributed by atoms with Crippen molar-refractivity contribution in [2.45, 2.75) is 63.0 Å². The zero-order chi connectivity index (χ0) is 19.3. The third kappa shape index (κ3) is 3.02. The molecular weight excluding hydrogens is 334 g/mol. The molecule has 0 saturated heterocycles. The van der Waals surface area contributed by atoms with Gasteiger partial charge in [-0.25, -0.2) is 4.79 Å². The maximum atomic E-state index is 12.5. The lowest BCUT2D eigenvalue weighted by Crippen LogP contribution is -2.41. The lowest BCUT2D eigenvalue weighted by atomic mass is 9.90. The van der Waals surface area contributed by atoms with E-state index in [2.05, 4.69) is 0 Å². The van der Waals surface area contributed by atoms with Crippen LogP contribution in [-0.2, 0) is 20.5 Å². The zero-order valence-corrected chi connectivity index (χ0v) is 16.1. The van der Waals surface area contributed by atoms with Crippen LogP contribution in [0.4, 0.5) is 4.79 Å². The molecule has 6 heteroatoms. The molecule has 0 radical (unpaired) electrons. The molecule has 1 aromatic rings. The first-order chi connectivity index (χ1) is 12.1. The van der Waals surface area contributed by atoms with Gasteiger partial charge in [-0.1, -0.05) is 6.07 Å². The van der Waals surface area contributed by atoms with E-state index in [1.807, 2.05) is 39.0 Å². The fraction of sp³-hybridized carbons (Fsp3) is 0.600. The Hall–Kier alpha value is -2.24. The Morgan fingerprint density at radius 1 is 1.15 bits per heavy atom. The summed E-state index contributed by atoms with van der Waals surface area (Å²) in [4.78, 5) is 26.0. The van der Waals surface area contributed by atoms with Gasteiger partial charge in [0.15, 0.2) is 0 Å². The molecule has 0 aliphatic heterocycles. The van der Waals surface area contributed by atoms with Crippen LogP contribution in [0.25, 0.3) is 0 Å². The number of benzene rings is 1. The number of aliphatic carboxylic acids is 1. The number of hydrogen-bond donors (Lipinski definition) is 1. The molecule has 0 unspecified atom stereocenters. The average molecular weight is 361 g/mol. The number of hydrogen-bond acceptors (Lipinski definition) is 4. The highest BCUT2D eigenvalue weighted by molar-refractivity contribution is 5.86. The summed E-state index contributed by atoms with van der Waals surface area (Å²) in [6.07, 6.45) is 2.50. The Kier molecular flexibility index (Phi) is 4.20. The van der Waals surface area contributed by atoms with Crippen molar-refractivity contribution in [1.82, 2.24) is 4.90 Å². The molecule has 142 valence electrons. The molecule has 2 aliphatic carbocycles. The number of nitrogens with zero attached hydrogens (tertiary/aromatic N) is 1. The Labute approximate surface area is 154 Å². The van der Waals surface area contributed by atoms with Crippen LogP contribution in [-0.4, -0.2) is 41.8 Å².